The normalized spacial score (nSPS) is 17.7. The van der Waals surface area contributed by atoms with Crippen molar-refractivity contribution in [1.29, 1.82) is 0 Å². The number of hydrogen-bond donors (Lipinski definition) is 0. The summed E-state index contributed by atoms with van der Waals surface area (Å²) >= 11 is 0. The largest absolute Gasteiger partial charge is 0.441 e. The van der Waals surface area contributed by atoms with Crippen LogP contribution in [0.2, 0.25) is 0 Å². The second-order valence-corrected chi connectivity index (χ2v) is 6.93. The molecule has 0 aliphatic carbocycles. The van der Waals surface area contributed by atoms with E-state index in [1.54, 1.807) is 4.90 Å². The predicted octanol–water partition coefficient (Wildman–Crippen LogP) is 5.46. The first kappa shape index (κ1) is 19.6. The van der Waals surface area contributed by atoms with Crippen molar-refractivity contribution in [2.45, 2.75) is 46.6 Å². The number of nitrogens with zero attached hydrogens (tertiary/aromatic N) is 1. The Morgan fingerprint density at radius 1 is 1.27 bits per heavy atom. The lowest BCUT2D eigenvalue weighted by molar-refractivity contribution is 0.0862. The van der Waals surface area contributed by atoms with Crippen LogP contribution < -0.4 is 0 Å². The molecule has 26 heavy (non-hydrogen) atoms. The first-order valence-corrected chi connectivity index (χ1v) is 8.98. The second-order valence-electron chi connectivity index (χ2n) is 6.93. The summed E-state index contributed by atoms with van der Waals surface area (Å²) in [7, 11) is 0. The molecule has 136 valence electrons. The molecule has 0 unspecified atom stereocenters. The van der Waals surface area contributed by atoms with Gasteiger partial charge in [-0.05, 0) is 64.0 Å². The second kappa shape index (κ2) is 8.58. The van der Waals surface area contributed by atoms with Gasteiger partial charge >= 0.3 is 6.09 Å². The molecule has 0 saturated carbocycles. The molecule has 1 aromatic rings. The third-order valence-corrected chi connectivity index (χ3v) is 4.24. The molecule has 1 amide bonds. The highest BCUT2D eigenvalue weighted by atomic mass is 16.6. The first-order valence-electron chi connectivity index (χ1n) is 8.98. The molecular formula is C23H27NO2. The van der Waals surface area contributed by atoms with Crippen molar-refractivity contribution < 1.29 is 9.53 Å². The van der Waals surface area contributed by atoms with Gasteiger partial charge in [0.2, 0.25) is 0 Å². The minimum Gasteiger partial charge on any atom is -0.441 e. The van der Waals surface area contributed by atoms with E-state index < -0.39 is 5.60 Å². The van der Waals surface area contributed by atoms with Crippen molar-refractivity contribution in [3.05, 3.63) is 71.0 Å². The maximum absolute atomic E-state index is 12.3. The van der Waals surface area contributed by atoms with Gasteiger partial charge in [0.1, 0.15) is 5.60 Å². The summed E-state index contributed by atoms with van der Waals surface area (Å²) in [6, 6.07) is 9.89. The third kappa shape index (κ3) is 5.13. The molecule has 0 atom stereocenters. The highest BCUT2D eigenvalue weighted by Crippen LogP contribution is 2.28. The monoisotopic (exact) mass is 349 g/mol. The Bertz CT molecular complexity index is 802. The molecule has 1 aromatic carbocycles. The zero-order valence-electron chi connectivity index (χ0n) is 16.3. The van der Waals surface area contributed by atoms with E-state index in [-0.39, 0.29) is 6.09 Å². The summed E-state index contributed by atoms with van der Waals surface area (Å²) in [6.45, 7) is 10.5. The minimum absolute atomic E-state index is 0.292. The number of amides is 1. The fourth-order valence-electron chi connectivity index (χ4n) is 2.64. The summed E-state index contributed by atoms with van der Waals surface area (Å²) in [4.78, 5) is 14.0. The van der Waals surface area contributed by atoms with Gasteiger partial charge < -0.3 is 4.74 Å². The van der Waals surface area contributed by atoms with Crippen LogP contribution in [-0.4, -0.2) is 23.1 Å². The van der Waals surface area contributed by atoms with Gasteiger partial charge in [-0.3, -0.25) is 4.90 Å². The lowest BCUT2D eigenvalue weighted by Gasteiger charge is -2.18. The first-order chi connectivity index (χ1) is 12.4. The number of carbonyl (C=O) groups excluding carboxylic acids is 1. The molecule has 3 heteroatoms. The molecule has 1 heterocycles. The number of cyclic esters (lactones) is 1. The lowest BCUT2D eigenvalue weighted by atomic mass is 10.1. The van der Waals surface area contributed by atoms with Crippen LogP contribution in [0, 0.1) is 11.8 Å². The summed E-state index contributed by atoms with van der Waals surface area (Å²) in [5, 5.41) is 0. The van der Waals surface area contributed by atoms with Gasteiger partial charge in [0, 0.05) is 16.8 Å². The number of rotatable bonds is 4. The molecule has 1 saturated heterocycles. The maximum atomic E-state index is 12.3. The van der Waals surface area contributed by atoms with Crippen molar-refractivity contribution >= 4 is 6.09 Å². The molecule has 1 aliphatic rings. The Kier molecular flexibility index (Phi) is 6.46. The van der Waals surface area contributed by atoms with Crippen LogP contribution in [0.15, 0.2) is 65.4 Å². The molecule has 1 aliphatic heterocycles. The van der Waals surface area contributed by atoms with E-state index >= 15 is 0 Å². The van der Waals surface area contributed by atoms with Gasteiger partial charge in [0.15, 0.2) is 0 Å². The van der Waals surface area contributed by atoms with E-state index in [9.17, 15) is 4.79 Å². The standard InChI is InChI=1S/C23H27NO2/c1-6-18(3)21(24-17-23(4,5)26-22(24)25)16-15-19(7-2)13-14-20-11-9-8-10-12-20/h7-12,15-16H,6,17H2,1-5H3. The minimum atomic E-state index is -0.471. The summed E-state index contributed by atoms with van der Waals surface area (Å²) in [6.07, 6.45) is 6.47. The van der Waals surface area contributed by atoms with Crippen LogP contribution >= 0.6 is 0 Å². The van der Waals surface area contributed by atoms with E-state index in [1.165, 1.54) is 0 Å². The van der Waals surface area contributed by atoms with E-state index in [2.05, 4.69) is 18.8 Å². The molecule has 0 N–H and O–H groups in total. The van der Waals surface area contributed by atoms with Crippen LogP contribution in [0.25, 0.3) is 0 Å². The average molecular weight is 349 g/mol. The lowest BCUT2D eigenvalue weighted by Crippen LogP contribution is -2.28. The van der Waals surface area contributed by atoms with Crippen molar-refractivity contribution in [1.82, 2.24) is 4.90 Å². The quantitative estimate of drug-likeness (QED) is 0.534. The van der Waals surface area contributed by atoms with Gasteiger partial charge in [-0.1, -0.05) is 43.0 Å². The molecule has 0 spiro atoms. The Labute approximate surface area is 157 Å². The Hall–Kier alpha value is -2.73. The van der Waals surface area contributed by atoms with E-state index in [4.69, 9.17) is 4.74 Å². The molecule has 3 nitrogen and oxygen atoms in total. The Morgan fingerprint density at radius 3 is 2.50 bits per heavy atom. The SMILES string of the molecule is CC=C(C#Cc1ccccc1)C=CC(=C(C)CC)N1CC(C)(C)OC1=O. The van der Waals surface area contributed by atoms with Gasteiger partial charge in [-0.25, -0.2) is 4.79 Å². The van der Waals surface area contributed by atoms with Gasteiger partial charge in [0.25, 0.3) is 0 Å². The highest BCUT2D eigenvalue weighted by Gasteiger charge is 2.39. The van der Waals surface area contributed by atoms with E-state index in [1.807, 2.05) is 76.3 Å². The van der Waals surface area contributed by atoms with E-state index in [0.29, 0.717) is 6.54 Å². The number of benzene rings is 1. The number of carbonyl (C=O) groups is 1. The van der Waals surface area contributed by atoms with Gasteiger partial charge in [-0.2, -0.15) is 0 Å². The highest BCUT2D eigenvalue weighted by molar-refractivity contribution is 5.74. The summed E-state index contributed by atoms with van der Waals surface area (Å²) in [5.74, 6) is 6.35. The van der Waals surface area contributed by atoms with Crippen molar-refractivity contribution in [3.63, 3.8) is 0 Å². The summed E-state index contributed by atoms with van der Waals surface area (Å²) < 4.78 is 5.45. The number of ether oxygens (including phenoxy) is 1. The van der Waals surface area contributed by atoms with Crippen LogP contribution in [0.5, 0.6) is 0 Å². The topological polar surface area (TPSA) is 29.5 Å². The number of hydrogen-bond acceptors (Lipinski definition) is 2. The maximum Gasteiger partial charge on any atom is 0.415 e. The molecule has 0 radical (unpaired) electrons. The van der Waals surface area contributed by atoms with Crippen molar-refractivity contribution in [2.24, 2.45) is 0 Å². The molecular weight excluding hydrogens is 322 g/mol. The zero-order chi connectivity index (χ0) is 19.2. The Morgan fingerprint density at radius 2 is 1.96 bits per heavy atom. The molecule has 1 fully saturated rings. The molecule has 0 bridgehead atoms. The van der Waals surface area contributed by atoms with Crippen LogP contribution in [0.3, 0.4) is 0 Å². The fraction of sp³-hybridized carbons (Fsp3) is 0.348. The average Bonchev–Trinajstić information content (AvgIpc) is 2.90. The predicted molar refractivity (Wildman–Crippen MR) is 106 cm³/mol. The third-order valence-electron chi connectivity index (χ3n) is 4.24. The van der Waals surface area contributed by atoms with Crippen molar-refractivity contribution in [2.75, 3.05) is 6.54 Å². The van der Waals surface area contributed by atoms with Gasteiger partial charge in [-0.15, -0.1) is 0 Å². The summed E-state index contributed by atoms with van der Waals surface area (Å²) in [5.41, 5.74) is 3.44. The van der Waals surface area contributed by atoms with E-state index in [0.717, 1.165) is 28.8 Å². The van der Waals surface area contributed by atoms with Crippen LogP contribution in [0.1, 0.15) is 46.6 Å². The van der Waals surface area contributed by atoms with Gasteiger partial charge in [0.05, 0.1) is 6.54 Å². The van der Waals surface area contributed by atoms with Crippen LogP contribution in [-0.2, 0) is 4.74 Å². The molecule has 0 aromatic heterocycles. The molecule has 2 rings (SSSR count). The van der Waals surface area contributed by atoms with Crippen molar-refractivity contribution in [3.8, 4) is 11.8 Å². The smallest absolute Gasteiger partial charge is 0.415 e. The van der Waals surface area contributed by atoms with Crippen LogP contribution in [0.4, 0.5) is 4.79 Å². The zero-order valence-corrected chi connectivity index (χ0v) is 16.3. The Balaban J connectivity index is 2.26. The number of allylic oxidation sites excluding steroid dienone is 5. The fourth-order valence-corrected chi connectivity index (χ4v) is 2.64.